The highest BCUT2D eigenvalue weighted by molar-refractivity contribution is 8.06. The van der Waals surface area contributed by atoms with Gasteiger partial charge in [-0.1, -0.05) is 39.5 Å². The summed E-state index contributed by atoms with van der Waals surface area (Å²) >= 11 is 1.05. The standard InChI is InChI=1S/C16H20O4S/c1-14(2)5-9(17)13-10(6-14)20-16(21-13)11(18)7-15(3,4)8-12(16)19/h5-8H2,1-4H3. The average Bonchev–Trinajstić information content (AvgIpc) is 2.65. The minimum absolute atomic E-state index is 0.00596. The van der Waals surface area contributed by atoms with Crippen LogP contribution in [0, 0.1) is 10.8 Å². The number of thioether (sulfide) groups is 1. The van der Waals surface area contributed by atoms with Gasteiger partial charge in [0, 0.05) is 25.7 Å². The van der Waals surface area contributed by atoms with Crippen molar-refractivity contribution in [2.45, 2.75) is 58.3 Å². The van der Waals surface area contributed by atoms with Gasteiger partial charge in [0.25, 0.3) is 4.93 Å². The van der Waals surface area contributed by atoms with Crippen LogP contribution in [0.1, 0.15) is 53.4 Å². The molecule has 0 bridgehead atoms. The predicted octanol–water partition coefficient (Wildman–Crippen LogP) is 3.01. The molecule has 0 aromatic heterocycles. The predicted molar refractivity (Wildman–Crippen MR) is 79.5 cm³/mol. The fourth-order valence-corrected chi connectivity index (χ4v) is 4.55. The Hall–Kier alpha value is -1.10. The van der Waals surface area contributed by atoms with Crippen molar-refractivity contribution in [3.05, 3.63) is 10.7 Å². The number of rotatable bonds is 0. The Morgan fingerprint density at radius 3 is 1.95 bits per heavy atom. The number of allylic oxidation sites excluding steroid dienone is 2. The number of hydrogen-bond acceptors (Lipinski definition) is 5. The van der Waals surface area contributed by atoms with Gasteiger partial charge in [0.05, 0.1) is 4.91 Å². The molecular weight excluding hydrogens is 288 g/mol. The summed E-state index contributed by atoms with van der Waals surface area (Å²) in [5.74, 6) is 0.138. The Labute approximate surface area is 128 Å². The van der Waals surface area contributed by atoms with Gasteiger partial charge in [-0.3, -0.25) is 14.4 Å². The van der Waals surface area contributed by atoms with E-state index in [-0.39, 0.29) is 28.2 Å². The molecule has 3 aliphatic rings. The molecule has 5 heteroatoms. The topological polar surface area (TPSA) is 60.4 Å². The Bertz CT molecular complexity index is 577. The second kappa shape index (κ2) is 4.22. The lowest BCUT2D eigenvalue weighted by atomic mass is 9.74. The summed E-state index contributed by atoms with van der Waals surface area (Å²) in [5.41, 5.74) is -0.502. The van der Waals surface area contributed by atoms with Crippen LogP contribution in [0.2, 0.25) is 0 Å². The van der Waals surface area contributed by atoms with E-state index in [1.165, 1.54) is 0 Å². The molecule has 1 saturated carbocycles. The van der Waals surface area contributed by atoms with Gasteiger partial charge in [-0.25, -0.2) is 0 Å². The van der Waals surface area contributed by atoms with Crippen LogP contribution in [-0.2, 0) is 19.1 Å². The molecule has 114 valence electrons. The molecule has 1 fully saturated rings. The molecule has 1 heterocycles. The summed E-state index contributed by atoms with van der Waals surface area (Å²) in [7, 11) is 0. The molecule has 0 atom stereocenters. The first kappa shape index (κ1) is 14.8. The van der Waals surface area contributed by atoms with Crippen molar-refractivity contribution in [2.24, 2.45) is 10.8 Å². The molecule has 3 rings (SSSR count). The van der Waals surface area contributed by atoms with E-state index in [1.807, 2.05) is 27.7 Å². The van der Waals surface area contributed by atoms with Gasteiger partial charge in [0.15, 0.2) is 17.3 Å². The lowest BCUT2D eigenvalue weighted by molar-refractivity contribution is -0.150. The van der Waals surface area contributed by atoms with Crippen LogP contribution in [0.3, 0.4) is 0 Å². The minimum Gasteiger partial charge on any atom is -0.464 e. The van der Waals surface area contributed by atoms with E-state index in [1.54, 1.807) is 0 Å². The van der Waals surface area contributed by atoms with Crippen molar-refractivity contribution in [1.82, 2.24) is 0 Å². The van der Waals surface area contributed by atoms with Crippen molar-refractivity contribution in [3.8, 4) is 0 Å². The number of ketones is 3. The molecule has 1 spiro atoms. The zero-order valence-corrected chi connectivity index (χ0v) is 13.7. The third kappa shape index (κ3) is 2.26. The van der Waals surface area contributed by atoms with E-state index < -0.39 is 4.93 Å². The highest BCUT2D eigenvalue weighted by Crippen LogP contribution is 2.56. The summed E-state index contributed by atoms with van der Waals surface area (Å²) in [4.78, 5) is 36.4. The number of carbonyl (C=O) groups excluding carboxylic acids is 3. The Morgan fingerprint density at radius 2 is 1.38 bits per heavy atom. The molecule has 0 unspecified atom stereocenters. The van der Waals surface area contributed by atoms with Crippen molar-refractivity contribution < 1.29 is 19.1 Å². The summed E-state index contributed by atoms with van der Waals surface area (Å²) in [6.07, 6.45) is 1.66. The molecule has 0 aromatic carbocycles. The second-order valence-electron chi connectivity index (χ2n) is 7.88. The van der Waals surface area contributed by atoms with Gasteiger partial charge < -0.3 is 4.74 Å². The molecule has 0 N–H and O–H groups in total. The number of hydrogen-bond donors (Lipinski definition) is 0. The summed E-state index contributed by atoms with van der Waals surface area (Å²) < 4.78 is 5.84. The summed E-state index contributed by atoms with van der Waals surface area (Å²) in [6, 6.07) is 0. The number of carbonyl (C=O) groups is 3. The molecule has 0 aromatic rings. The van der Waals surface area contributed by atoms with Crippen molar-refractivity contribution in [2.75, 3.05) is 0 Å². The monoisotopic (exact) mass is 308 g/mol. The first-order chi connectivity index (χ1) is 9.55. The average molecular weight is 308 g/mol. The first-order valence-corrected chi connectivity index (χ1v) is 8.07. The maximum atomic E-state index is 12.6. The molecular formula is C16H20O4S. The van der Waals surface area contributed by atoms with Crippen LogP contribution in [0.15, 0.2) is 10.7 Å². The quantitative estimate of drug-likeness (QED) is 0.644. The van der Waals surface area contributed by atoms with Gasteiger partial charge in [0.1, 0.15) is 5.76 Å². The SMILES string of the molecule is CC1(C)CC(=O)C2(OC3=C(S2)C(=O)CC(C)(C)C3)C(=O)C1. The lowest BCUT2D eigenvalue weighted by Crippen LogP contribution is -2.51. The van der Waals surface area contributed by atoms with E-state index in [0.29, 0.717) is 36.3 Å². The van der Waals surface area contributed by atoms with Crippen LogP contribution in [0.4, 0.5) is 0 Å². The molecule has 4 nitrogen and oxygen atoms in total. The molecule has 21 heavy (non-hydrogen) atoms. The normalized spacial score (nSPS) is 29.6. The molecule has 0 amide bonds. The molecule has 2 aliphatic carbocycles. The lowest BCUT2D eigenvalue weighted by Gasteiger charge is -2.37. The largest absolute Gasteiger partial charge is 0.464 e. The Balaban J connectivity index is 1.94. The maximum absolute atomic E-state index is 12.6. The van der Waals surface area contributed by atoms with Crippen molar-refractivity contribution >= 4 is 29.1 Å². The zero-order chi connectivity index (χ0) is 15.6. The van der Waals surface area contributed by atoms with E-state index in [9.17, 15) is 14.4 Å². The fraction of sp³-hybridized carbons (Fsp3) is 0.688. The zero-order valence-electron chi connectivity index (χ0n) is 12.9. The van der Waals surface area contributed by atoms with Crippen LogP contribution in [0.25, 0.3) is 0 Å². The van der Waals surface area contributed by atoms with E-state index >= 15 is 0 Å². The maximum Gasteiger partial charge on any atom is 0.274 e. The van der Waals surface area contributed by atoms with Gasteiger partial charge >= 0.3 is 0 Å². The highest BCUT2D eigenvalue weighted by atomic mass is 32.2. The highest BCUT2D eigenvalue weighted by Gasteiger charge is 2.60. The Kier molecular flexibility index (Phi) is 2.98. The van der Waals surface area contributed by atoms with Crippen LogP contribution >= 0.6 is 11.8 Å². The van der Waals surface area contributed by atoms with E-state index in [2.05, 4.69) is 0 Å². The van der Waals surface area contributed by atoms with Crippen LogP contribution in [-0.4, -0.2) is 22.3 Å². The van der Waals surface area contributed by atoms with E-state index in [0.717, 1.165) is 11.8 Å². The van der Waals surface area contributed by atoms with Gasteiger partial charge in [0.2, 0.25) is 0 Å². The summed E-state index contributed by atoms with van der Waals surface area (Å²) in [6.45, 7) is 7.83. The van der Waals surface area contributed by atoms with Crippen molar-refractivity contribution in [3.63, 3.8) is 0 Å². The third-order valence-corrected chi connectivity index (χ3v) is 5.80. The Morgan fingerprint density at radius 1 is 0.857 bits per heavy atom. The second-order valence-corrected chi connectivity index (χ2v) is 9.07. The van der Waals surface area contributed by atoms with Gasteiger partial charge in [-0.2, -0.15) is 0 Å². The molecule has 0 radical (unpaired) electrons. The van der Waals surface area contributed by atoms with Gasteiger partial charge in [-0.15, -0.1) is 0 Å². The molecule has 0 saturated heterocycles. The fourth-order valence-electron chi connectivity index (χ4n) is 3.33. The van der Waals surface area contributed by atoms with Crippen LogP contribution in [0.5, 0.6) is 0 Å². The van der Waals surface area contributed by atoms with Crippen molar-refractivity contribution in [1.29, 1.82) is 0 Å². The number of Topliss-reactive ketones (excluding diaryl/α,β-unsaturated/α-hetero) is 3. The minimum atomic E-state index is -1.48. The number of ether oxygens (including phenoxy) is 1. The molecule has 1 aliphatic heterocycles. The summed E-state index contributed by atoms with van der Waals surface area (Å²) in [5, 5.41) is 0. The smallest absolute Gasteiger partial charge is 0.274 e. The van der Waals surface area contributed by atoms with Gasteiger partial charge in [-0.05, 0) is 10.8 Å². The van der Waals surface area contributed by atoms with Crippen LogP contribution < -0.4 is 0 Å². The first-order valence-electron chi connectivity index (χ1n) is 7.26. The third-order valence-electron chi connectivity index (χ3n) is 4.31. The van der Waals surface area contributed by atoms with E-state index in [4.69, 9.17) is 4.74 Å².